The lowest BCUT2D eigenvalue weighted by Crippen LogP contribution is -2.52. The number of imide groups is 1. The van der Waals surface area contributed by atoms with Crippen LogP contribution in [0.1, 0.15) is 45.5 Å². The summed E-state index contributed by atoms with van der Waals surface area (Å²) in [7, 11) is 0. The summed E-state index contributed by atoms with van der Waals surface area (Å²) in [4.78, 5) is 38.3. The molecule has 2 aromatic carbocycles. The Morgan fingerprint density at radius 1 is 1.12 bits per heavy atom. The summed E-state index contributed by atoms with van der Waals surface area (Å²) in [5, 5.41) is 10.0. The highest BCUT2D eigenvalue weighted by Gasteiger charge is 2.39. The molecule has 2 aliphatic heterocycles. The summed E-state index contributed by atoms with van der Waals surface area (Å²) in [5.41, 5.74) is 5.29. The summed E-state index contributed by atoms with van der Waals surface area (Å²) in [6, 6.07) is 13.2. The lowest BCUT2D eigenvalue weighted by atomic mass is 10.0. The number of fused-ring (bicyclic) bond motifs is 1. The van der Waals surface area contributed by atoms with Gasteiger partial charge < -0.3 is 10.2 Å². The molecule has 1 saturated heterocycles. The molecule has 1 unspecified atom stereocenters. The van der Waals surface area contributed by atoms with Crippen LogP contribution in [0.15, 0.2) is 54.9 Å². The minimum absolute atomic E-state index is 0.177. The third-order valence-electron chi connectivity index (χ3n) is 6.23. The molecule has 0 spiro atoms. The van der Waals surface area contributed by atoms with E-state index in [0.717, 1.165) is 27.9 Å². The van der Waals surface area contributed by atoms with Crippen molar-refractivity contribution in [2.24, 2.45) is 0 Å². The van der Waals surface area contributed by atoms with Gasteiger partial charge in [0, 0.05) is 42.5 Å². The van der Waals surface area contributed by atoms with Crippen LogP contribution in [0.25, 0.3) is 0 Å². The van der Waals surface area contributed by atoms with E-state index in [2.05, 4.69) is 45.9 Å². The summed E-state index contributed by atoms with van der Waals surface area (Å²) in [5.74, 6) is 1.70. The van der Waals surface area contributed by atoms with Crippen molar-refractivity contribution in [2.45, 2.75) is 38.5 Å². The standard InChI is InChI=1S/C26H23N5O3/c1-2-17-13-28-30(14-17)15-19-8-6-18(7-9-19)12-27-22-5-3-4-20-21(22)16-31(26(20)34)23-10-11-24(32)29-25(23)33/h1,3-9,13-14,23,27H,10-12,15-16H2,(H,29,32,33). The normalized spacial score (nSPS) is 17.3. The quantitative estimate of drug-likeness (QED) is 0.441. The highest BCUT2D eigenvalue weighted by Crippen LogP contribution is 2.32. The Labute approximate surface area is 196 Å². The van der Waals surface area contributed by atoms with Crippen LogP contribution in [0.4, 0.5) is 5.69 Å². The number of benzene rings is 2. The van der Waals surface area contributed by atoms with Gasteiger partial charge in [-0.2, -0.15) is 5.10 Å². The fraction of sp³-hybridized carbons (Fsp3) is 0.231. The Morgan fingerprint density at radius 2 is 1.91 bits per heavy atom. The maximum absolute atomic E-state index is 13.0. The van der Waals surface area contributed by atoms with Crippen LogP contribution in [0.2, 0.25) is 0 Å². The number of piperidine rings is 1. The Bertz CT molecular complexity index is 1320. The molecule has 2 N–H and O–H groups in total. The van der Waals surface area contributed by atoms with Crippen molar-refractivity contribution in [3.63, 3.8) is 0 Å². The van der Waals surface area contributed by atoms with Crippen LogP contribution in [0.3, 0.4) is 0 Å². The largest absolute Gasteiger partial charge is 0.381 e. The minimum Gasteiger partial charge on any atom is -0.381 e. The number of nitrogens with one attached hydrogen (secondary N) is 2. The van der Waals surface area contributed by atoms with Crippen molar-refractivity contribution < 1.29 is 14.4 Å². The maximum atomic E-state index is 13.0. The van der Waals surface area contributed by atoms with Gasteiger partial charge in [-0.3, -0.25) is 24.4 Å². The summed E-state index contributed by atoms with van der Waals surface area (Å²) in [6.07, 6.45) is 9.49. The molecule has 3 amide bonds. The van der Waals surface area contributed by atoms with E-state index >= 15 is 0 Å². The van der Waals surface area contributed by atoms with Crippen molar-refractivity contribution in [3.8, 4) is 12.3 Å². The second-order valence-corrected chi connectivity index (χ2v) is 8.47. The van der Waals surface area contributed by atoms with Gasteiger partial charge in [0.1, 0.15) is 6.04 Å². The molecule has 34 heavy (non-hydrogen) atoms. The van der Waals surface area contributed by atoms with Crippen molar-refractivity contribution in [1.82, 2.24) is 20.0 Å². The second-order valence-electron chi connectivity index (χ2n) is 8.47. The van der Waals surface area contributed by atoms with Gasteiger partial charge in [-0.1, -0.05) is 36.3 Å². The lowest BCUT2D eigenvalue weighted by Gasteiger charge is -2.29. The third kappa shape index (κ3) is 4.16. The highest BCUT2D eigenvalue weighted by molar-refractivity contribution is 6.06. The first kappa shape index (κ1) is 21.5. The first-order valence-corrected chi connectivity index (χ1v) is 11.1. The van der Waals surface area contributed by atoms with E-state index in [9.17, 15) is 14.4 Å². The fourth-order valence-corrected chi connectivity index (χ4v) is 4.42. The SMILES string of the molecule is C#Cc1cnn(Cc2ccc(CNc3cccc4c3CN(C3CCC(=O)NC3=O)C4=O)cc2)c1. The maximum Gasteiger partial charge on any atom is 0.255 e. The molecular formula is C26H23N5O3. The van der Waals surface area contributed by atoms with Gasteiger partial charge >= 0.3 is 0 Å². The predicted molar refractivity (Wildman–Crippen MR) is 126 cm³/mol. The van der Waals surface area contributed by atoms with Gasteiger partial charge in [-0.05, 0) is 29.7 Å². The fourth-order valence-electron chi connectivity index (χ4n) is 4.42. The van der Waals surface area contributed by atoms with Gasteiger partial charge in [-0.15, -0.1) is 6.42 Å². The van der Waals surface area contributed by atoms with Crippen LogP contribution in [0.5, 0.6) is 0 Å². The van der Waals surface area contributed by atoms with Gasteiger partial charge in [-0.25, -0.2) is 0 Å². The van der Waals surface area contributed by atoms with Crippen LogP contribution in [-0.4, -0.2) is 38.4 Å². The lowest BCUT2D eigenvalue weighted by molar-refractivity contribution is -0.136. The Balaban J connectivity index is 1.25. The number of aromatic nitrogens is 2. The smallest absolute Gasteiger partial charge is 0.255 e. The van der Waals surface area contributed by atoms with Crippen LogP contribution in [0, 0.1) is 12.3 Å². The number of terminal acetylenes is 1. The first-order chi connectivity index (χ1) is 16.5. The third-order valence-corrected chi connectivity index (χ3v) is 6.23. The Kier molecular flexibility index (Phi) is 5.60. The molecule has 0 radical (unpaired) electrons. The van der Waals surface area contributed by atoms with Crippen molar-refractivity contribution >= 4 is 23.4 Å². The zero-order valence-electron chi connectivity index (χ0n) is 18.5. The van der Waals surface area contributed by atoms with Crippen molar-refractivity contribution in [2.75, 3.05) is 5.32 Å². The molecule has 8 nitrogen and oxygen atoms in total. The number of hydrogen-bond acceptors (Lipinski definition) is 5. The molecule has 0 aliphatic carbocycles. The van der Waals surface area contributed by atoms with Gasteiger partial charge in [0.15, 0.2) is 0 Å². The van der Waals surface area contributed by atoms with E-state index in [1.165, 1.54) is 0 Å². The van der Waals surface area contributed by atoms with Crippen LogP contribution >= 0.6 is 0 Å². The zero-order valence-corrected chi connectivity index (χ0v) is 18.5. The summed E-state index contributed by atoms with van der Waals surface area (Å²) < 4.78 is 1.81. The first-order valence-electron chi connectivity index (χ1n) is 11.1. The number of nitrogens with zero attached hydrogens (tertiary/aromatic N) is 3. The minimum atomic E-state index is -0.621. The Hall–Kier alpha value is -4.38. The van der Waals surface area contributed by atoms with Gasteiger partial charge in [0.05, 0.1) is 18.3 Å². The van der Waals surface area contributed by atoms with Gasteiger partial charge in [0.25, 0.3) is 5.91 Å². The number of amides is 3. The Morgan fingerprint density at radius 3 is 2.65 bits per heavy atom. The summed E-state index contributed by atoms with van der Waals surface area (Å²) in [6.45, 7) is 1.57. The van der Waals surface area contributed by atoms with E-state index in [1.807, 2.05) is 18.3 Å². The molecule has 170 valence electrons. The number of anilines is 1. The topological polar surface area (TPSA) is 96.3 Å². The molecule has 1 fully saturated rings. The molecule has 8 heteroatoms. The van der Waals surface area contributed by atoms with E-state index in [1.54, 1.807) is 21.8 Å². The molecule has 2 aliphatic rings. The molecule has 0 saturated carbocycles. The zero-order chi connectivity index (χ0) is 23.7. The molecule has 0 bridgehead atoms. The summed E-state index contributed by atoms with van der Waals surface area (Å²) >= 11 is 0. The van der Waals surface area contributed by atoms with Crippen LogP contribution < -0.4 is 10.6 Å². The molecule has 3 aromatic rings. The monoisotopic (exact) mass is 453 g/mol. The molecule has 5 rings (SSSR count). The molecule has 1 aromatic heterocycles. The highest BCUT2D eigenvalue weighted by atomic mass is 16.2. The molecule has 3 heterocycles. The van der Waals surface area contributed by atoms with E-state index in [4.69, 9.17) is 6.42 Å². The van der Waals surface area contributed by atoms with Gasteiger partial charge in [0.2, 0.25) is 11.8 Å². The molecule has 1 atom stereocenters. The predicted octanol–water partition coefficient (Wildman–Crippen LogP) is 2.29. The van der Waals surface area contributed by atoms with Crippen molar-refractivity contribution in [1.29, 1.82) is 0 Å². The van der Waals surface area contributed by atoms with Crippen molar-refractivity contribution in [3.05, 3.63) is 82.7 Å². The second kappa shape index (κ2) is 8.87. The van der Waals surface area contributed by atoms with E-state index in [0.29, 0.717) is 31.6 Å². The number of rotatable bonds is 6. The number of hydrogen-bond donors (Lipinski definition) is 2. The number of carbonyl (C=O) groups is 3. The van der Waals surface area contributed by atoms with E-state index < -0.39 is 11.9 Å². The molecular weight excluding hydrogens is 430 g/mol. The van der Waals surface area contributed by atoms with Crippen LogP contribution in [-0.2, 0) is 29.2 Å². The van der Waals surface area contributed by atoms with E-state index in [-0.39, 0.29) is 18.2 Å². The average molecular weight is 454 g/mol. The number of carbonyl (C=O) groups excluding carboxylic acids is 3. The average Bonchev–Trinajstić information content (AvgIpc) is 3.43.